The van der Waals surface area contributed by atoms with Crippen molar-refractivity contribution in [2.75, 3.05) is 18.5 Å². The number of amides is 1. The molecular formula is C23H25ClN2O3. The number of halogens is 1. The molecule has 0 spiro atoms. The Labute approximate surface area is 175 Å². The molecule has 1 N–H and O–H groups in total. The van der Waals surface area contributed by atoms with Crippen molar-refractivity contribution >= 4 is 23.2 Å². The Hall–Kier alpha value is -2.24. The van der Waals surface area contributed by atoms with Crippen molar-refractivity contribution in [2.45, 2.75) is 50.3 Å². The van der Waals surface area contributed by atoms with Crippen LogP contribution in [0.2, 0.25) is 5.02 Å². The highest BCUT2D eigenvalue weighted by Crippen LogP contribution is 2.38. The van der Waals surface area contributed by atoms with Crippen LogP contribution < -0.4 is 9.64 Å². The van der Waals surface area contributed by atoms with Crippen LogP contribution in [0, 0.1) is 0 Å². The summed E-state index contributed by atoms with van der Waals surface area (Å²) in [7, 11) is 2.22. The van der Waals surface area contributed by atoms with Crippen molar-refractivity contribution in [3.63, 3.8) is 0 Å². The van der Waals surface area contributed by atoms with Gasteiger partial charge >= 0.3 is 0 Å². The van der Waals surface area contributed by atoms with Crippen LogP contribution in [0.3, 0.4) is 0 Å². The van der Waals surface area contributed by atoms with E-state index in [9.17, 15) is 9.90 Å². The van der Waals surface area contributed by atoms with Crippen LogP contribution in [-0.2, 0) is 6.42 Å². The van der Waals surface area contributed by atoms with Crippen LogP contribution in [-0.4, -0.2) is 47.7 Å². The highest BCUT2D eigenvalue weighted by Gasteiger charge is 2.39. The molecule has 0 unspecified atom stereocenters. The summed E-state index contributed by atoms with van der Waals surface area (Å²) in [4.78, 5) is 17.1. The van der Waals surface area contributed by atoms with E-state index in [1.807, 2.05) is 18.2 Å². The summed E-state index contributed by atoms with van der Waals surface area (Å²) >= 11 is 6.55. The van der Waals surface area contributed by atoms with E-state index in [2.05, 4.69) is 11.9 Å². The first-order valence-electron chi connectivity index (χ1n) is 10.3. The summed E-state index contributed by atoms with van der Waals surface area (Å²) in [6.45, 7) is 0.560. The van der Waals surface area contributed by atoms with Gasteiger partial charge in [0, 0.05) is 29.9 Å². The Morgan fingerprint density at radius 1 is 1.10 bits per heavy atom. The van der Waals surface area contributed by atoms with E-state index in [0.717, 1.165) is 24.1 Å². The van der Waals surface area contributed by atoms with E-state index in [-0.39, 0.29) is 17.8 Å². The minimum absolute atomic E-state index is 0.0668. The SMILES string of the molecule is CN1[C@@H]2CC[C@H]1C[C@H](Oc1ccc(N3CCc4cc(O)ccc4C3=O)cc1Cl)C2. The van der Waals surface area contributed by atoms with Crippen molar-refractivity contribution in [1.82, 2.24) is 4.90 Å². The third-order valence-electron chi connectivity index (χ3n) is 6.74. The second-order valence-corrected chi connectivity index (χ2v) is 8.83. The number of aromatic hydroxyl groups is 1. The molecule has 3 heterocycles. The molecule has 5 nitrogen and oxygen atoms in total. The van der Waals surface area contributed by atoms with Crippen molar-refractivity contribution in [3.8, 4) is 11.5 Å². The standard InChI is InChI=1S/C23H25ClN2O3/c1-25-15-2-3-16(25)12-19(11-15)29-22-7-4-17(13-21(22)24)26-9-8-14-10-18(27)5-6-20(14)23(26)28/h4-7,10,13,15-16,19,27H,2-3,8-9,11-12H2,1H3/t15-,16+,19-. The summed E-state index contributed by atoms with van der Waals surface area (Å²) < 4.78 is 6.26. The number of nitrogens with zero attached hydrogens (tertiary/aromatic N) is 2. The van der Waals surface area contributed by atoms with Gasteiger partial charge in [0.2, 0.25) is 0 Å². The average Bonchev–Trinajstić information content (AvgIpc) is 2.90. The average molecular weight is 413 g/mol. The van der Waals surface area contributed by atoms with Crippen LogP contribution in [0.4, 0.5) is 5.69 Å². The minimum atomic E-state index is -0.0668. The minimum Gasteiger partial charge on any atom is -0.508 e. The van der Waals surface area contributed by atoms with Crippen molar-refractivity contribution in [1.29, 1.82) is 0 Å². The highest BCUT2D eigenvalue weighted by molar-refractivity contribution is 6.32. The first-order chi connectivity index (χ1) is 14.0. The number of phenols is 1. The van der Waals surface area contributed by atoms with E-state index in [1.165, 1.54) is 12.8 Å². The number of rotatable bonds is 3. The van der Waals surface area contributed by atoms with Gasteiger partial charge in [-0.2, -0.15) is 0 Å². The van der Waals surface area contributed by atoms with E-state index >= 15 is 0 Å². The topological polar surface area (TPSA) is 53.0 Å². The third kappa shape index (κ3) is 3.36. The smallest absolute Gasteiger partial charge is 0.258 e. The lowest BCUT2D eigenvalue weighted by Crippen LogP contribution is -2.43. The molecule has 3 aliphatic heterocycles. The van der Waals surface area contributed by atoms with Gasteiger partial charge in [-0.05, 0) is 81.1 Å². The molecule has 0 saturated carbocycles. The van der Waals surface area contributed by atoms with Crippen LogP contribution in [0.15, 0.2) is 36.4 Å². The molecule has 0 aromatic heterocycles. The number of anilines is 1. The Bertz CT molecular complexity index is 949. The lowest BCUT2D eigenvalue weighted by molar-refractivity contribution is 0.0662. The molecule has 1 amide bonds. The summed E-state index contributed by atoms with van der Waals surface area (Å²) in [5, 5.41) is 10.2. The predicted molar refractivity (Wildman–Crippen MR) is 113 cm³/mol. The number of carbonyl (C=O) groups is 1. The van der Waals surface area contributed by atoms with Crippen molar-refractivity contribution in [2.24, 2.45) is 0 Å². The number of carbonyl (C=O) groups excluding carboxylic acids is 1. The van der Waals surface area contributed by atoms with E-state index in [0.29, 0.717) is 41.4 Å². The van der Waals surface area contributed by atoms with Gasteiger partial charge in [0.25, 0.3) is 5.91 Å². The number of piperidine rings is 1. The van der Waals surface area contributed by atoms with Crippen LogP contribution in [0.5, 0.6) is 11.5 Å². The van der Waals surface area contributed by atoms with Crippen molar-refractivity contribution in [3.05, 3.63) is 52.5 Å². The van der Waals surface area contributed by atoms with E-state index in [4.69, 9.17) is 16.3 Å². The third-order valence-corrected chi connectivity index (χ3v) is 7.04. The molecule has 2 aromatic rings. The Morgan fingerprint density at radius 2 is 1.86 bits per heavy atom. The van der Waals surface area contributed by atoms with E-state index in [1.54, 1.807) is 23.1 Å². The lowest BCUT2D eigenvalue weighted by atomic mass is 9.98. The predicted octanol–water partition coefficient (Wildman–Crippen LogP) is 4.25. The van der Waals surface area contributed by atoms with Gasteiger partial charge in [-0.3, -0.25) is 4.79 Å². The molecule has 2 fully saturated rings. The summed E-state index contributed by atoms with van der Waals surface area (Å²) in [5.41, 5.74) is 2.29. The second kappa shape index (κ2) is 7.22. The monoisotopic (exact) mass is 412 g/mol. The maximum Gasteiger partial charge on any atom is 0.258 e. The molecule has 3 atom stereocenters. The molecule has 3 aliphatic rings. The molecule has 0 aliphatic carbocycles. The van der Waals surface area contributed by atoms with Gasteiger partial charge in [-0.1, -0.05) is 11.6 Å². The number of ether oxygens (including phenoxy) is 1. The molecule has 152 valence electrons. The van der Waals surface area contributed by atoms with Crippen LogP contribution >= 0.6 is 11.6 Å². The van der Waals surface area contributed by atoms with Gasteiger partial charge < -0.3 is 19.6 Å². The fourth-order valence-electron chi connectivity index (χ4n) is 5.11. The van der Waals surface area contributed by atoms with Crippen LogP contribution in [0.25, 0.3) is 0 Å². The molecular weight excluding hydrogens is 388 g/mol. The number of hydrogen-bond acceptors (Lipinski definition) is 4. The number of hydrogen-bond donors (Lipinski definition) is 1. The Balaban J connectivity index is 1.32. The summed E-state index contributed by atoms with van der Waals surface area (Å²) in [6.07, 6.45) is 5.49. The fourth-order valence-corrected chi connectivity index (χ4v) is 5.33. The lowest BCUT2D eigenvalue weighted by Gasteiger charge is -2.36. The Kier molecular flexibility index (Phi) is 4.67. The van der Waals surface area contributed by atoms with Gasteiger partial charge in [-0.15, -0.1) is 0 Å². The summed E-state index contributed by atoms with van der Waals surface area (Å²) in [5.74, 6) is 0.818. The summed E-state index contributed by atoms with van der Waals surface area (Å²) in [6, 6.07) is 11.8. The van der Waals surface area contributed by atoms with Gasteiger partial charge in [0.15, 0.2) is 0 Å². The molecule has 2 bridgehead atoms. The number of fused-ring (bicyclic) bond motifs is 3. The fraction of sp³-hybridized carbons (Fsp3) is 0.435. The largest absolute Gasteiger partial charge is 0.508 e. The zero-order valence-corrected chi connectivity index (χ0v) is 17.2. The normalized spacial score (nSPS) is 26.5. The van der Waals surface area contributed by atoms with Gasteiger partial charge in [0.1, 0.15) is 17.6 Å². The van der Waals surface area contributed by atoms with E-state index < -0.39 is 0 Å². The zero-order valence-electron chi connectivity index (χ0n) is 16.5. The molecule has 29 heavy (non-hydrogen) atoms. The highest BCUT2D eigenvalue weighted by atomic mass is 35.5. The van der Waals surface area contributed by atoms with Crippen LogP contribution in [0.1, 0.15) is 41.6 Å². The number of phenolic OH excluding ortho intramolecular Hbond substituents is 1. The molecule has 2 aromatic carbocycles. The zero-order chi connectivity index (χ0) is 20.1. The molecule has 2 saturated heterocycles. The first-order valence-corrected chi connectivity index (χ1v) is 10.7. The molecule has 6 heteroatoms. The van der Waals surface area contributed by atoms with Gasteiger partial charge in [-0.25, -0.2) is 0 Å². The van der Waals surface area contributed by atoms with Gasteiger partial charge in [0.05, 0.1) is 5.02 Å². The van der Waals surface area contributed by atoms with Crippen molar-refractivity contribution < 1.29 is 14.6 Å². The quantitative estimate of drug-likeness (QED) is 0.818. The first kappa shape index (κ1) is 18.8. The maximum atomic E-state index is 12.9. The molecule has 0 radical (unpaired) electrons. The number of benzene rings is 2. The second-order valence-electron chi connectivity index (χ2n) is 8.42. The molecule has 5 rings (SSSR count). The maximum absolute atomic E-state index is 12.9. The Morgan fingerprint density at radius 3 is 2.59 bits per heavy atom.